The van der Waals surface area contributed by atoms with Gasteiger partial charge in [0, 0.05) is 17.1 Å². The summed E-state index contributed by atoms with van der Waals surface area (Å²) in [5.41, 5.74) is 7.63. The fourth-order valence-electron chi connectivity index (χ4n) is 3.81. The van der Waals surface area contributed by atoms with Gasteiger partial charge in [0.1, 0.15) is 0 Å². The molecule has 2 N–H and O–H groups in total. The maximum Gasteiger partial charge on any atom is 0.319 e. The highest BCUT2D eigenvalue weighted by Crippen LogP contribution is 2.28. The van der Waals surface area contributed by atoms with Gasteiger partial charge in [0.2, 0.25) is 0 Å². The highest BCUT2D eigenvalue weighted by atomic mass is 32.2. The third kappa shape index (κ3) is 5.74. The minimum atomic E-state index is -0.360. The van der Waals surface area contributed by atoms with Crippen molar-refractivity contribution in [1.29, 1.82) is 0 Å². The smallest absolute Gasteiger partial charge is 0.319 e. The average molecular weight is 486 g/mol. The van der Waals surface area contributed by atoms with Crippen molar-refractivity contribution >= 4 is 23.5 Å². The van der Waals surface area contributed by atoms with Crippen LogP contribution in [0, 0.1) is 27.7 Å². The number of aryl methyl sites for hydroxylation is 3. The van der Waals surface area contributed by atoms with Crippen LogP contribution >= 0.6 is 11.8 Å². The average Bonchev–Trinajstić information content (AvgIpc) is 3.26. The van der Waals surface area contributed by atoms with Gasteiger partial charge in [0.25, 0.3) is 0 Å². The van der Waals surface area contributed by atoms with Gasteiger partial charge in [0.15, 0.2) is 11.0 Å². The van der Waals surface area contributed by atoms with Gasteiger partial charge < -0.3 is 10.6 Å². The van der Waals surface area contributed by atoms with Crippen LogP contribution in [-0.4, -0.2) is 20.8 Å². The van der Waals surface area contributed by atoms with Crippen LogP contribution < -0.4 is 10.6 Å². The zero-order valence-corrected chi connectivity index (χ0v) is 21.6. The largest absolute Gasteiger partial charge is 0.328 e. The number of hydrogen-bond acceptors (Lipinski definition) is 4. The van der Waals surface area contributed by atoms with E-state index in [-0.39, 0.29) is 12.1 Å². The fraction of sp³-hybridized carbons (Fsp3) is 0.250. The van der Waals surface area contributed by atoms with Gasteiger partial charge in [-0.2, -0.15) is 0 Å². The minimum Gasteiger partial charge on any atom is -0.328 e. The Kier molecular flexibility index (Phi) is 7.56. The van der Waals surface area contributed by atoms with Crippen LogP contribution in [0.15, 0.2) is 71.9 Å². The molecule has 35 heavy (non-hydrogen) atoms. The predicted molar refractivity (Wildman–Crippen MR) is 143 cm³/mol. The van der Waals surface area contributed by atoms with Gasteiger partial charge in [-0.1, -0.05) is 65.9 Å². The number of rotatable bonds is 7. The highest BCUT2D eigenvalue weighted by molar-refractivity contribution is 7.98. The molecule has 0 aliphatic rings. The summed E-state index contributed by atoms with van der Waals surface area (Å²) < 4.78 is 2.03. The molecule has 7 heteroatoms. The lowest BCUT2D eigenvalue weighted by Gasteiger charge is -2.18. The van der Waals surface area contributed by atoms with E-state index in [1.165, 1.54) is 16.7 Å². The normalized spacial score (nSPS) is 11.8. The molecule has 1 atom stereocenters. The Balaban J connectivity index is 1.58. The van der Waals surface area contributed by atoms with Crippen molar-refractivity contribution in [2.45, 2.75) is 51.6 Å². The summed E-state index contributed by atoms with van der Waals surface area (Å²) >= 11 is 1.64. The van der Waals surface area contributed by atoms with E-state index in [1.807, 2.05) is 49.6 Å². The molecule has 0 spiro atoms. The molecule has 0 saturated carbocycles. The highest BCUT2D eigenvalue weighted by Gasteiger charge is 2.21. The molecule has 2 amide bonds. The lowest BCUT2D eigenvalue weighted by Crippen LogP contribution is -2.32. The number of carbonyl (C=O) groups is 1. The van der Waals surface area contributed by atoms with Crippen molar-refractivity contribution in [3.8, 4) is 5.69 Å². The van der Waals surface area contributed by atoms with E-state index in [9.17, 15) is 4.79 Å². The quantitative estimate of drug-likeness (QED) is 0.287. The Hall–Kier alpha value is -3.58. The lowest BCUT2D eigenvalue weighted by molar-refractivity contribution is 0.248. The maximum atomic E-state index is 12.8. The topological polar surface area (TPSA) is 71.8 Å². The van der Waals surface area contributed by atoms with Gasteiger partial charge in [-0.3, -0.25) is 4.57 Å². The Morgan fingerprint density at radius 1 is 0.914 bits per heavy atom. The van der Waals surface area contributed by atoms with E-state index in [4.69, 9.17) is 0 Å². The van der Waals surface area contributed by atoms with Crippen LogP contribution in [0.4, 0.5) is 10.5 Å². The van der Waals surface area contributed by atoms with Crippen LogP contribution in [0.25, 0.3) is 5.69 Å². The van der Waals surface area contributed by atoms with Crippen molar-refractivity contribution < 1.29 is 4.79 Å². The molecule has 3 aromatic carbocycles. The molecule has 0 saturated heterocycles. The molecule has 4 rings (SSSR count). The number of nitrogens with one attached hydrogen (secondary N) is 2. The minimum absolute atomic E-state index is 0.279. The molecule has 1 heterocycles. The number of anilines is 1. The summed E-state index contributed by atoms with van der Waals surface area (Å²) in [6, 6.07) is 21.8. The summed E-state index contributed by atoms with van der Waals surface area (Å²) in [6.45, 7) is 10.1. The monoisotopic (exact) mass is 485 g/mol. The second-order valence-electron chi connectivity index (χ2n) is 8.79. The van der Waals surface area contributed by atoms with Crippen molar-refractivity contribution in [3.05, 3.63) is 100 Å². The summed E-state index contributed by atoms with van der Waals surface area (Å²) in [4.78, 5) is 12.8. The summed E-state index contributed by atoms with van der Waals surface area (Å²) in [6.07, 6.45) is 0. The number of thioether (sulfide) groups is 1. The molecule has 0 aliphatic carbocycles. The molecular weight excluding hydrogens is 454 g/mol. The van der Waals surface area contributed by atoms with Crippen molar-refractivity contribution in [1.82, 2.24) is 20.1 Å². The zero-order valence-electron chi connectivity index (χ0n) is 20.8. The third-order valence-electron chi connectivity index (χ3n) is 6.16. The zero-order chi connectivity index (χ0) is 24.9. The third-order valence-corrected chi connectivity index (χ3v) is 7.13. The number of carbonyl (C=O) groups excluding carboxylic acids is 1. The van der Waals surface area contributed by atoms with Crippen LogP contribution in [0.1, 0.15) is 46.6 Å². The van der Waals surface area contributed by atoms with E-state index in [0.29, 0.717) is 5.82 Å². The number of amides is 2. The van der Waals surface area contributed by atoms with E-state index in [1.54, 1.807) is 11.8 Å². The van der Waals surface area contributed by atoms with Gasteiger partial charge >= 0.3 is 6.03 Å². The molecular formula is C28H31N5OS. The second-order valence-corrected chi connectivity index (χ2v) is 9.74. The van der Waals surface area contributed by atoms with Gasteiger partial charge in [0.05, 0.1) is 6.04 Å². The number of aromatic nitrogens is 3. The Bertz CT molecular complexity index is 1330. The standard InChI is InChI=1S/C28H31N5OS/c1-18-13-15-24(16-14-18)33-26(31-32-28(33)35-17-23-11-7-6-9-20(23)3)22(5)29-27(34)30-25-12-8-10-19(2)21(25)4/h6-16,22H,17H2,1-5H3,(H2,29,30,34). The second kappa shape index (κ2) is 10.8. The summed E-state index contributed by atoms with van der Waals surface area (Å²) in [5, 5.41) is 15.8. The predicted octanol–water partition coefficient (Wildman–Crippen LogP) is 6.68. The SMILES string of the molecule is Cc1ccc(-n2c(SCc3ccccc3C)nnc2C(C)NC(=O)Nc2cccc(C)c2C)cc1. The fourth-order valence-corrected chi connectivity index (χ4v) is 4.85. The number of urea groups is 1. The maximum absolute atomic E-state index is 12.8. The van der Waals surface area contributed by atoms with Crippen molar-refractivity contribution in [3.63, 3.8) is 0 Å². The summed E-state index contributed by atoms with van der Waals surface area (Å²) in [7, 11) is 0. The molecule has 0 bridgehead atoms. The molecule has 180 valence electrons. The molecule has 0 aliphatic heterocycles. The first-order valence-corrected chi connectivity index (χ1v) is 12.7. The lowest BCUT2D eigenvalue weighted by atomic mass is 10.1. The van der Waals surface area contributed by atoms with E-state index >= 15 is 0 Å². The van der Waals surface area contributed by atoms with E-state index in [2.05, 4.69) is 77.1 Å². The molecule has 0 fully saturated rings. The molecule has 6 nitrogen and oxygen atoms in total. The first kappa shape index (κ1) is 24.5. The Morgan fingerprint density at radius 3 is 2.37 bits per heavy atom. The van der Waals surface area contributed by atoms with Crippen LogP contribution in [0.3, 0.4) is 0 Å². The van der Waals surface area contributed by atoms with Crippen LogP contribution in [-0.2, 0) is 5.75 Å². The van der Waals surface area contributed by atoms with Crippen molar-refractivity contribution in [2.75, 3.05) is 5.32 Å². The molecule has 1 aromatic heterocycles. The Labute approximate surface area is 211 Å². The van der Waals surface area contributed by atoms with Crippen LogP contribution in [0.2, 0.25) is 0 Å². The summed E-state index contributed by atoms with van der Waals surface area (Å²) in [5.74, 6) is 1.46. The number of hydrogen-bond donors (Lipinski definition) is 2. The number of nitrogens with zero attached hydrogens (tertiary/aromatic N) is 3. The molecule has 1 unspecified atom stereocenters. The van der Waals surface area contributed by atoms with E-state index in [0.717, 1.165) is 33.4 Å². The van der Waals surface area contributed by atoms with Crippen molar-refractivity contribution in [2.24, 2.45) is 0 Å². The first-order valence-electron chi connectivity index (χ1n) is 11.7. The number of benzene rings is 3. The van der Waals surface area contributed by atoms with Gasteiger partial charge in [-0.05, 0) is 75.1 Å². The van der Waals surface area contributed by atoms with Gasteiger partial charge in [-0.15, -0.1) is 10.2 Å². The van der Waals surface area contributed by atoms with Crippen LogP contribution in [0.5, 0.6) is 0 Å². The first-order chi connectivity index (χ1) is 16.8. The van der Waals surface area contributed by atoms with E-state index < -0.39 is 0 Å². The van der Waals surface area contributed by atoms with Gasteiger partial charge in [-0.25, -0.2) is 4.79 Å². The molecule has 4 aromatic rings. The molecule has 0 radical (unpaired) electrons. The Morgan fingerprint density at radius 2 is 1.63 bits per heavy atom.